The molecule has 0 aliphatic carbocycles. The topological polar surface area (TPSA) is 181 Å². The largest absolute Gasteiger partial charge is 0.490 e. The van der Waals surface area contributed by atoms with Crippen LogP contribution >= 0.6 is 0 Å². The van der Waals surface area contributed by atoms with E-state index in [0.717, 1.165) is 11.1 Å². The molecule has 13 heteroatoms. The van der Waals surface area contributed by atoms with Gasteiger partial charge in [0.05, 0.1) is 37.1 Å². The molecule has 0 saturated carbocycles. The fourth-order valence-electron chi connectivity index (χ4n) is 4.45. The second kappa shape index (κ2) is 13.6. The van der Waals surface area contributed by atoms with Crippen LogP contribution in [0, 0.1) is 6.92 Å². The summed E-state index contributed by atoms with van der Waals surface area (Å²) in [4.78, 5) is 35.7. The van der Waals surface area contributed by atoms with Crippen molar-refractivity contribution in [3.05, 3.63) is 82.3 Å². The van der Waals surface area contributed by atoms with Crippen LogP contribution in [-0.2, 0) is 9.53 Å². The smallest absolute Gasteiger partial charge is 0.337 e. The number of carboxylic acid groups (broad SMARTS) is 1. The third-order valence-corrected chi connectivity index (χ3v) is 6.45. The molecule has 0 saturated heterocycles. The highest BCUT2D eigenvalue weighted by atomic mass is 16.5. The van der Waals surface area contributed by atoms with E-state index in [2.05, 4.69) is 21.2 Å². The number of carbonyl (C=O) groups is 3. The molecule has 1 aromatic heterocycles. The molecule has 2 heterocycles. The number of ether oxygens (including phenoxy) is 3. The minimum Gasteiger partial charge on any atom is -0.490 e. The van der Waals surface area contributed by atoms with Gasteiger partial charge in [-0.05, 0) is 68.3 Å². The Bertz CT molecular complexity index is 1580. The highest BCUT2D eigenvalue weighted by Gasteiger charge is 2.32. The van der Waals surface area contributed by atoms with Crippen molar-refractivity contribution in [2.24, 2.45) is 5.10 Å². The summed E-state index contributed by atoms with van der Waals surface area (Å²) in [7, 11) is 1.26. The third kappa shape index (κ3) is 7.32. The van der Waals surface area contributed by atoms with Crippen molar-refractivity contribution in [1.29, 1.82) is 0 Å². The van der Waals surface area contributed by atoms with E-state index in [1.165, 1.54) is 19.4 Å². The fourth-order valence-corrected chi connectivity index (χ4v) is 4.45. The van der Waals surface area contributed by atoms with Crippen molar-refractivity contribution in [2.75, 3.05) is 20.3 Å². The number of furan rings is 1. The molecular weight excluding hydrogens is 560 g/mol. The number of nitrogens with zero attached hydrogens (tertiary/aromatic N) is 1. The molecule has 226 valence electrons. The third-order valence-electron chi connectivity index (χ3n) is 6.45. The molecule has 0 fully saturated rings. The molecule has 0 bridgehead atoms. The molecular formula is C30H32N4O9. The van der Waals surface area contributed by atoms with Crippen LogP contribution in [0.15, 0.2) is 69.3 Å². The number of amides is 2. The van der Waals surface area contributed by atoms with E-state index in [1.807, 2.05) is 0 Å². The summed E-state index contributed by atoms with van der Waals surface area (Å²) in [6, 6.07) is 11.9. The zero-order valence-corrected chi connectivity index (χ0v) is 24.0. The molecule has 3 aromatic rings. The summed E-state index contributed by atoms with van der Waals surface area (Å²) in [6.07, 6.45) is 0.196. The van der Waals surface area contributed by atoms with Crippen LogP contribution < -0.4 is 25.5 Å². The molecule has 5 N–H and O–H groups in total. The van der Waals surface area contributed by atoms with E-state index in [4.69, 9.17) is 23.7 Å². The number of hydrazone groups is 1. The van der Waals surface area contributed by atoms with Crippen molar-refractivity contribution < 1.29 is 43.2 Å². The molecule has 1 aliphatic heterocycles. The van der Waals surface area contributed by atoms with E-state index < -0.39 is 30.2 Å². The van der Waals surface area contributed by atoms with Gasteiger partial charge in [0.25, 0.3) is 0 Å². The SMILES string of the molecule is CCOc1cc([C@@H]2NC(=O)NC(C)=C2C(=O)OC)ccc1OC[C@@H](O)N/N=C\c1ccc(-c2ccc(C(=O)O)cc2C)o1. The first-order valence-electron chi connectivity index (χ1n) is 13.3. The number of allylic oxidation sites excluding steroid dienone is 1. The summed E-state index contributed by atoms with van der Waals surface area (Å²) >= 11 is 0. The zero-order chi connectivity index (χ0) is 31.1. The van der Waals surface area contributed by atoms with Gasteiger partial charge < -0.3 is 39.5 Å². The summed E-state index contributed by atoms with van der Waals surface area (Å²) in [6.45, 7) is 5.33. The lowest BCUT2D eigenvalue weighted by molar-refractivity contribution is -0.136. The van der Waals surface area contributed by atoms with Crippen LogP contribution in [0.3, 0.4) is 0 Å². The summed E-state index contributed by atoms with van der Waals surface area (Å²) in [5.74, 6) is 0.0391. The molecule has 2 aromatic carbocycles. The second-order valence-electron chi connectivity index (χ2n) is 9.45. The van der Waals surface area contributed by atoms with Gasteiger partial charge in [-0.25, -0.2) is 14.4 Å². The van der Waals surface area contributed by atoms with Crippen LogP contribution in [0.25, 0.3) is 11.3 Å². The Kier molecular flexibility index (Phi) is 9.68. The maximum Gasteiger partial charge on any atom is 0.337 e. The maximum atomic E-state index is 12.4. The number of esters is 1. The molecule has 0 radical (unpaired) electrons. The van der Waals surface area contributed by atoms with Crippen molar-refractivity contribution in [3.63, 3.8) is 0 Å². The Labute approximate surface area is 247 Å². The molecule has 0 spiro atoms. The molecule has 13 nitrogen and oxygen atoms in total. The van der Waals surface area contributed by atoms with E-state index in [-0.39, 0.29) is 17.7 Å². The van der Waals surface area contributed by atoms with Crippen LogP contribution in [-0.4, -0.2) is 60.9 Å². The van der Waals surface area contributed by atoms with Crippen LogP contribution in [0.2, 0.25) is 0 Å². The number of hydrogen-bond donors (Lipinski definition) is 5. The molecule has 43 heavy (non-hydrogen) atoms. The Balaban J connectivity index is 1.39. The molecule has 2 atom stereocenters. The van der Waals surface area contributed by atoms with E-state index in [0.29, 0.717) is 40.9 Å². The lowest BCUT2D eigenvalue weighted by Gasteiger charge is -2.28. The fraction of sp³-hybridized carbons (Fsp3) is 0.267. The van der Waals surface area contributed by atoms with Gasteiger partial charge in [-0.3, -0.25) is 5.43 Å². The van der Waals surface area contributed by atoms with Crippen LogP contribution in [0.1, 0.15) is 47.1 Å². The number of aryl methyl sites for hydroxylation is 1. The number of rotatable bonds is 12. The predicted molar refractivity (Wildman–Crippen MR) is 155 cm³/mol. The highest BCUT2D eigenvalue weighted by molar-refractivity contribution is 5.95. The number of nitrogens with one attached hydrogen (secondary N) is 3. The molecule has 2 amide bonds. The minimum absolute atomic E-state index is 0.189. The number of carboxylic acids is 1. The molecule has 4 rings (SSSR count). The first kappa shape index (κ1) is 30.7. The van der Waals surface area contributed by atoms with Gasteiger partial charge in [-0.2, -0.15) is 5.10 Å². The molecule has 1 aliphatic rings. The molecule has 0 unspecified atom stereocenters. The average molecular weight is 593 g/mol. The van der Waals surface area contributed by atoms with Gasteiger partial charge in [0.2, 0.25) is 0 Å². The lowest BCUT2D eigenvalue weighted by atomic mass is 9.95. The van der Waals surface area contributed by atoms with E-state index in [9.17, 15) is 19.5 Å². The number of aromatic carboxylic acids is 1. The minimum atomic E-state index is -1.19. The van der Waals surface area contributed by atoms with Gasteiger partial charge in [0.15, 0.2) is 17.7 Å². The quantitative estimate of drug-likeness (QED) is 0.0904. The van der Waals surface area contributed by atoms with Crippen molar-refractivity contribution >= 4 is 24.2 Å². The van der Waals surface area contributed by atoms with Crippen molar-refractivity contribution in [1.82, 2.24) is 16.1 Å². The Morgan fingerprint density at radius 3 is 2.60 bits per heavy atom. The lowest BCUT2D eigenvalue weighted by Crippen LogP contribution is -2.45. The number of carbonyl (C=O) groups excluding carboxylic acids is 2. The van der Waals surface area contributed by atoms with Gasteiger partial charge in [-0.1, -0.05) is 12.1 Å². The monoisotopic (exact) mass is 592 g/mol. The number of methoxy groups -OCH3 is 1. The Hall–Kier alpha value is -5.30. The predicted octanol–water partition coefficient (Wildman–Crippen LogP) is 3.47. The van der Waals surface area contributed by atoms with Gasteiger partial charge >= 0.3 is 18.0 Å². The standard InChI is InChI=1S/C30H32N4O9/c1-5-41-24-13-18(27-26(29(38)40-4)17(3)32-30(39)33-27)7-10-23(24)42-15-25(35)34-31-14-20-8-11-22(43-20)21-9-6-19(28(36)37)12-16(21)2/h6-14,25,27,34-35H,5,15H2,1-4H3,(H,36,37)(H2,32,33,39)/b31-14-/t25-,27+/m1/s1. The summed E-state index contributed by atoms with van der Waals surface area (Å²) in [5, 5.41) is 28.8. The second-order valence-corrected chi connectivity index (χ2v) is 9.45. The number of urea groups is 1. The average Bonchev–Trinajstić information content (AvgIpc) is 3.44. The number of aliphatic hydroxyl groups is 1. The normalized spacial score (nSPS) is 15.5. The maximum absolute atomic E-state index is 12.4. The van der Waals surface area contributed by atoms with Gasteiger partial charge in [0, 0.05) is 11.3 Å². The van der Waals surface area contributed by atoms with Crippen LogP contribution in [0.4, 0.5) is 4.79 Å². The van der Waals surface area contributed by atoms with Crippen LogP contribution in [0.5, 0.6) is 11.5 Å². The van der Waals surface area contributed by atoms with Crippen molar-refractivity contribution in [3.8, 4) is 22.8 Å². The van der Waals surface area contributed by atoms with E-state index >= 15 is 0 Å². The van der Waals surface area contributed by atoms with Crippen molar-refractivity contribution in [2.45, 2.75) is 33.0 Å². The first-order chi connectivity index (χ1) is 20.6. The number of benzene rings is 2. The summed E-state index contributed by atoms with van der Waals surface area (Å²) in [5.41, 5.74) is 5.44. The Morgan fingerprint density at radius 2 is 1.91 bits per heavy atom. The number of aliphatic hydroxyl groups excluding tert-OH is 1. The summed E-state index contributed by atoms with van der Waals surface area (Å²) < 4.78 is 22.2. The van der Waals surface area contributed by atoms with Gasteiger partial charge in [0.1, 0.15) is 18.1 Å². The first-order valence-corrected chi connectivity index (χ1v) is 13.3. The van der Waals surface area contributed by atoms with Gasteiger partial charge in [-0.15, -0.1) is 0 Å². The zero-order valence-electron chi connectivity index (χ0n) is 24.0. The highest BCUT2D eigenvalue weighted by Crippen LogP contribution is 2.35. The van der Waals surface area contributed by atoms with E-state index in [1.54, 1.807) is 63.2 Å². The Morgan fingerprint density at radius 1 is 1.12 bits per heavy atom. The number of hydrogen-bond acceptors (Lipinski definition) is 10.